The summed E-state index contributed by atoms with van der Waals surface area (Å²) in [5.41, 5.74) is 3.29. The molecule has 0 saturated carbocycles. The van der Waals surface area contributed by atoms with E-state index in [-0.39, 0.29) is 17.4 Å². The molecule has 2 amide bonds. The second-order valence-corrected chi connectivity index (χ2v) is 5.93. The fourth-order valence-corrected chi connectivity index (χ4v) is 2.48. The van der Waals surface area contributed by atoms with Gasteiger partial charge in [-0.2, -0.15) is 0 Å². The summed E-state index contributed by atoms with van der Waals surface area (Å²) in [7, 11) is 0. The minimum absolute atomic E-state index is 0.119. The lowest BCUT2D eigenvalue weighted by atomic mass is 10.2. The van der Waals surface area contributed by atoms with Crippen LogP contribution in [0, 0.1) is 5.82 Å². The van der Waals surface area contributed by atoms with Gasteiger partial charge < -0.3 is 16.0 Å². The molecule has 0 aromatic heterocycles. The van der Waals surface area contributed by atoms with Gasteiger partial charge in [0.25, 0.3) is 5.91 Å². The van der Waals surface area contributed by atoms with E-state index in [2.05, 4.69) is 16.0 Å². The van der Waals surface area contributed by atoms with Crippen molar-refractivity contribution in [2.24, 2.45) is 0 Å². The number of carbonyl (C=O) groups excluding carboxylic acids is 2. The number of amides is 2. The number of halogens is 1. The van der Waals surface area contributed by atoms with E-state index in [0.29, 0.717) is 5.69 Å². The average Bonchev–Trinajstić information content (AvgIpc) is 2.64. The Bertz CT molecular complexity index is 954. The highest BCUT2D eigenvalue weighted by Gasteiger charge is 2.07. The molecule has 3 N–H and O–H groups in total. The number of nitrogens with one attached hydrogen (secondary N) is 3. The Morgan fingerprint density at radius 1 is 0.741 bits per heavy atom. The van der Waals surface area contributed by atoms with Crippen LogP contribution in [0.25, 0.3) is 0 Å². The Kier molecular flexibility index (Phi) is 5.47. The molecular weight excluding hydrogens is 345 g/mol. The molecule has 0 atom stereocenters. The predicted octanol–water partition coefficient (Wildman–Crippen LogP) is 4.78. The maximum Gasteiger partial charge on any atom is 0.255 e. The molecule has 0 aliphatic rings. The second kappa shape index (κ2) is 8.14. The van der Waals surface area contributed by atoms with Crippen LogP contribution in [0.5, 0.6) is 0 Å². The van der Waals surface area contributed by atoms with Crippen molar-refractivity contribution in [3.63, 3.8) is 0 Å². The fourth-order valence-electron chi connectivity index (χ4n) is 2.48. The summed E-state index contributed by atoms with van der Waals surface area (Å²) in [6, 6.07) is 20.0. The van der Waals surface area contributed by atoms with Crippen LogP contribution in [0.15, 0.2) is 72.8 Å². The molecule has 6 heteroatoms. The van der Waals surface area contributed by atoms with Gasteiger partial charge in [0.1, 0.15) is 5.82 Å². The van der Waals surface area contributed by atoms with Gasteiger partial charge in [0, 0.05) is 35.2 Å². The smallest absolute Gasteiger partial charge is 0.255 e. The molecule has 0 heterocycles. The van der Waals surface area contributed by atoms with Gasteiger partial charge in [-0.25, -0.2) is 4.39 Å². The highest BCUT2D eigenvalue weighted by molar-refractivity contribution is 6.04. The topological polar surface area (TPSA) is 70.2 Å². The van der Waals surface area contributed by atoms with Crippen molar-refractivity contribution < 1.29 is 14.0 Å². The van der Waals surface area contributed by atoms with E-state index >= 15 is 0 Å². The molecule has 0 aliphatic heterocycles. The normalized spacial score (nSPS) is 10.1. The first-order valence-electron chi connectivity index (χ1n) is 8.31. The Balaban J connectivity index is 1.61. The van der Waals surface area contributed by atoms with E-state index < -0.39 is 5.82 Å². The molecule has 27 heavy (non-hydrogen) atoms. The first kappa shape index (κ1) is 18.1. The minimum Gasteiger partial charge on any atom is -0.356 e. The maximum absolute atomic E-state index is 13.2. The summed E-state index contributed by atoms with van der Waals surface area (Å²) in [6.45, 7) is 1.46. The van der Waals surface area contributed by atoms with Crippen molar-refractivity contribution in [2.75, 3.05) is 16.0 Å². The largest absolute Gasteiger partial charge is 0.356 e. The van der Waals surface area contributed by atoms with Gasteiger partial charge in [0.05, 0.1) is 0 Å². The summed E-state index contributed by atoms with van der Waals surface area (Å²) in [5.74, 6) is -0.943. The first-order chi connectivity index (χ1) is 13.0. The highest BCUT2D eigenvalue weighted by atomic mass is 19.1. The number of benzene rings is 3. The van der Waals surface area contributed by atoms with Crippen LogP contribution in [-0.2, 0) is 4.79 Å². The number of hydrogen-bond donors (Lipinski definition) is 3. The maximum atomic E-state index is 13.2. The molecule has 5 nitrogen and oxygen atoms in total. The van der Waals surface area contributed by atoms with Crippen LogP contribution >= 0.6 is 0 Å². The minimum atomic E-state index is -0.452. The molecule has 3 aromatic carbocycles. The molecule has 0 aliphatic carbocycles. The van der Waals surface area contributed by atoms with Gasteiger partial charge in [0.2, 0.25) is 5.91 Å². The molecule has 0 radical (unpaired) electrons. The van der Waals surface area contributed by atoms with Crippen LogP contribution < -0.4 is 16.0 Å². The average molecular weight is 363 g/mol. The summed E-state index contributed by atoms with van der Waals surface area (Å²) >= 11 is 0. The summed E-state index contributed by atoms with van der Waals surface area (Å²) in [6.07, 6.45) is 0. The number of rotatable bonds is 5. The van der Waals surface area contributed by atoms with Gasteiger partial charge in [-0.3, -0.25) is 9.59 Å². The molecule has 0 unspecified atom stereocenters. The molecule has 3 aromatic rings. The first-order valence-corrected chi connectivity index (χ1v) is 8.31. The van der Waals surface area contributed by atoms with Gasteiger partial charge >= 0.3 is 0 Å². The summed E-state index contributed by atoms with van der Waals surface area (Å²) in [4.78, 5) is 23.2. The molecule has 136 valence electrons. The highest BCUT2D eigenvalue weighted by Crippen LogP contribution is 2.21. The fraction of sp³-hybridized carbons (Fsp3) is 0.0476. The van der Waals surface area contributed by atoms with Crippen LogP contribution in [-0.4, -0.2) is 11.8 Å². The molecular formula is C21H18FN3O2. The van der Waals surface area contributed by atoms with E-state index in [4.69, 9.17) is 0 Å². The third kappa shape index (κ3) is 5.15. The Labute approximate surface area is 156 Å². The van der Waals surface area contributed by atoms with Crippen molar-refractivity contribution in [1.29, 1.82) is 0 Å². The SMILES string of the molecule is CC(=O)Nc1ccc(Nc2ccc(NC(=O)c3cccc(F)c3)cc2)cc1. The summed E-state index contributed by atoms with van der Waals surface area (Å²) < 4.78 is 13.2. The zero-order chi connectivity index (χ0) is 19.2. The predicted molar refractivity (Wildman–Crippen MR) is 105 cm³/mol. The Morgan fingerprint density at radius 2 is 1.26 bits per heavy atom. The lowest BCUT2D eigenvalue weighted by Crippen LogP contribution is -2.11. The zero-order valence-electron chi connectivity index (χ0n) is 14.6. The molecule has 0 saturated heterocycles. The van der Waals surface area contributed by atoms with Gasteiger partial charge in [-0.1, -0.05) is 6.07 Å². The standard InChI is InChI=1S/C21H18FN3O2/c1-14(26)23-17-5-7-18(8-6-17)24-19-9-11-20(12-10-19)25-21(27)15-3-2-4-16(22)13-15/h2-13,24H,1H3,(H,23,26)(H,25,27). The quantitative estimate of drug-likeness (QED) is 0.611. The number of carbonyl (C=O) groups is 2. The third-order valence-electron chi connectivity index (χ3n) is 3.72. The van der Waals surface area contributed by atoms with Gasteiger partial charge in [-0.15, -0.1) is 0 Å². The molecule has 0 spiro atoms. The Hall–Kier alpha value is -3.67. The van der Waals surface area contributed by atoms with Crippen molar-refractivity contribution >= 4 is 34.6 Å². The summed E-state index contributed by atoms with van der Waals surface area (Å²) in [5, 5.41) is 8.67. The van der Waals surface area contributed by atoms with E-state index in [1.165, 1.54) is 25.1 Å². The lowest BCUT2D eigenvalue weighted by Gasteiger charge is -2.10. The molecule has 3 rings (SSSR count). The van der Waals surface area contributed by atoms with Crippen LogP contribution in [0.2, 0.25) is 0 Å². The van der Waals surface area contributed by atoms with Crippen LogP contribution in [0.3, 0.4) is 0 Å². The Morgan fingerprint density at radius 3 is 1.78 bits per heavy atom. The van der Waals surface area contributed by atoms with Crippen LogP contribution in [0.1, 0.15) is 17.3 Å². The van der Waals surface area contributed by atoms with E-state index in [1.807, 2.05) is 24.3 Å². The van der Waals surface area contributed by atoms with Crippen molar-refractivity contribution in [1.82, 2.24) is 0 Å². The number of hydrogen-bond acceptors (Lipinski definition) is 3. The van der Waals surface area contributed by atoms with Crippen molar-refractivity contribution in [3.8, 4) is 0 Å². The second-order valence-electron chi connectivity index (χ2n) is 5.93. The van der Waals surface area contributed by atoms with Gasteiger partial charge in [0.15, 0.2) is 0 Å². The van der Waals surface area contributed by atoms with Crippen molar-refractivity contribution in [2.45, 2.75) is 6.92 Å². The van der Waals surface area contributed by atoms with E-state index in [0.717, 1.165) is 17.1 Å². The zero-order valence-corrected chi connectivity index (χ0v) is 14.6. The molecule has 0 bridgehead atoms. The van der Waals surface area contributed by atoms with Crippen molar-refractivity contribution in [3.05, 3.63) is 84.2 Å². The van der Waals surface area contributed by atoms with Crippen LogP contribution in [0.4, 0.5) is 27.1 Å². The lowest BCUT2D eigenvalue weighted by molar-refractivity contribution is -0.114. The third-order valence-corrected chi connectivity index (χ3v) is 3.72. The van der Waals surface area contributed by atoms with E-state index in [1.54, 1.807) is 30.3 Å². The molecule has 0 fully saturated rings. The monoisotopic (exact) mass is 363 g/mol. The number of anilines is 4. The van der Waals surface area contributed by atoms with Gasteiger partial charge in [-0.05, 0) is 66.7 Å². The van der Waals surface area contributed by atoms with E-state index in [9.17, 15) is 14.0 Å².